The molecule has 0 unspecified atom stereocenters. The van der Waals surface area contributed by atoms with Crippen molar-refractivity contribution in [2.45, 2.75) is 271 Å². The lowest BCUT2D eigenvalue weighted by Gasteiger charge is -2.18. The van der Waals surface area contributed by atoms with Gasteiger partial charge in [0, 0.05) is 19.3 Å². The molecular weight excluding hydrogens is 877 g/mol. The van der Waals surface area contributed by atoms with E-state index in [0.717, 1.165) is 103 Å². The molecule has 71 heavy (non-hydrogen) atoms. The first-order valence-corrected chi connectivity index (χ1v) is 29.4. The molecule has 6 nitrogen and oxygen atoms in total. The van der Waals surface area contributed by atoms with Gasteiger partial charge in [0.15, 0.2) is 6.10 Å². The van der Waals surface area contributed by atoms with Crippen LogP contribution < -0.4 is 0 Å². The van der Waals surface area contributed by atoms with Crippen molar-refractivity contribution in [2.75, 3.05) is 13.2 Å². The van der Waals surface area contributed by atoms with Crippen molar-refractivity contribution in [2.24, 2.45) is 0 Å². The maximum atomic E-state index is 12.9. The predicted octanol–water partition coefficient (Wildman–Crippen LogP) is 19.9. The van der Waals surface area contributed by atoms with Crippen LogP contribution >= 0.6 is 0 Å². The van der Waals surface area contributed by atoms with Gasteiger partial charge in [-0.05, 0) is 122 Å². The Bertz CT molecular complexity index is 1460. The van der Waals surface area contributed by atoms with Gasteiger partial charge in [-0.3, -0.25) is 14.4 Å². The van der Waals surface area contributed by atoms with E-state index in [1.165, 1.54) is 116 Å². The summed E-state index contributed by atoms with van der Waals surface area (Å²) in [5.41, 5.74) is 0. The molecule has 0 aromatic heterocycles. The first kappa shape index (κ1) is 67.1. The van der Waals surface area contributed by atoms with Crippen LogP contribution in [0.1, 0.15) is 265 Å². The van der Waals surface area contributed by atoms with Crippen molar-refractivity contribution in [3.63, 3.8) is 0 Å². The van der Waals surface area contributed by atoms with E-state index in [-0.39, 0.29) is 44.0 Å². The van der Waals surface area contributed by atoms with Gasteiger partial charge >= 0.3 is 17.9 Å². The van der Waals surface area contributed by atoms with Crippen LogP contribution in [-0.4, -0.2) is 37.2 Å². The fourth-order valence-corrected chi connectivity index (χ4v) is 7.83. The van der Waals surface area contributed by atoms with Crippen LogP contribution in [0.15, 0.2) is 109 Å². The van der Waals surface area contributed by atoms with E-state index < -0.39 is 6.10 Å². The first-order valence-electron chi connectivity index (χ1n) is 29.4. The van der Waals surface area contributed by atoms with Gasteiger partial charge in [0.2, 0.25) is 0 Å². The van der Waals surface area contributed by atoms with Gasteiger partial charge in [0.05, 0.1) is 0 Å². The zero-order chi connectivity index (χ0) is 51.4. The Hall–Kier alpha value is -3.93. The zero-order valence-corrected chi connectivity index (χ0v) is 46.2. The van der Waals surface area contributed by atoms with Gasteiger partial charge in [-0.25, -0.2) is 0 Å². The number of carbonyl (C=O) groups excluding carboxylic acids is 3. The highest BCUT2D eigenvalue weighted by molar-refractivity contribution is 5.71. The van der Waals surface area contributed by atoms with E-state index in [0.29, 0.717) is 12.8 Å². The highest BCUT2D eigenvalue weighted by Crippen LogP contribution is 2.14. The standard InChI is InChI=1S/C65H108O6/c1-4-7-10-13-16-19-22-25-28-31-32-35-37-40-43-46-49-52-55-58-64(67)70-61-62(71-65(68)59-56-53-50-47-44-41-38-34-30-27-24-21-18-15-12-9-6-3)60-69-63(66)57-54-51-48-45-42-39-36-33-29-26-23-20-17-14-11-8-5-2/h9,12,17-18,20-21,25-30,36,38-39,41,45,48,62H,4-8,10-11,13-16,19,22-24,31-35,37,40,42-44,46-47,49-61H2,1-3H3/b12-9-,20-17-,21-18-,28-25-,29-26-,30-27-,39-36-,41-38-,48-45-/t62-/m1/s1. The quantitative estimate of drug-likeness (QED) is 0.0261. The molecule has 0 aliphatic heterocycles. The third-order valence-electron chi connectivity index (χ3n) is 12.2. The number of rotatable bonds is 52. The minimum atomic E-state index is -0.816. The molecular formula is C65H108O6. The summed E-state index contributed by atoms with van der Waals surface area (Å²) in [6, 6.07) is 0. The zero-order valence-electron chi connectivity index (χ0n) is 46.2. The molecule has 0 aliphatic carbocycles. The van der Waals surface area contributed by atoms with Crippen molar-refractivity contribution >= 4 is 17.9 Å². The Balaban J connectivity index is 4.51. The van der Waals surface area contributed by atoms with Gasteiger partial charge in [-0.2, -0.15) is 0 Å². The molecule has 0 aromatic rings. The van der Waals surface area contributed by atoms with Crippen LogP contribution in [-0.2, 0) is 28.6 Å². The Morgan fingerprint density at radius 2 is 0.563 bits per heavy atom. The van der Waals surface area contributed by atoms with E-state index >= 15 is 0 Å². The molecule has 0 radical (unpaired) electrons. The Morgan fingerprint density at radius 3 is 0.958 bits per heavy atom. The molecule has 0 aromatic carbocycles. The van der Waals surface area contributed by atoms with Crippen LogP contribution in [0.3, 0.4) is 0 Å². The lowest BCUT2D eigenvalue weighted by Crippen LogP contribution is -2.30. The van der Waals surface area contributed by atoms with E-state index in [1.54, 1.807) is 0 Å². The molecule has 0 bridgehead atoms. The molecule has 6 heteroatoms. The second-order valence-corrected chi connectivity index (χ2v) is 19.2. The van der Waals surface area contributed by atoms with Gasteiger partial charge in [-0.15, -0.1) is 0 Å². The Labute approximate surface area is 438 Å². The SMILES string of the molecule is CC/C=C\C/C=C\C/C=C\C/C=C\CCCCCCC(=O)O[C@H](COC(=O)CCC/C=C\C/C=C\C/C=C\C/C=C\CCCCC)COC(=O)CCCCCCCCCCC/C=C\CCCCCCCC. The van der Waals surface area contributed by atoms with Crippen LogP contribution in [0.4, 0.5) is 0 Å². The molecule has 0 amide bonds. The summed E-state index contributed by atoms with van der Waals surface area (Å²) in [4.78, 5) is 38.2. The van der Waals surface area contributed by atoms with Crippen molar-refractivity contribution < 1.29 is 28.6 Å². The average molecular weight is 986 g/mol. The lowest BCUT2D eigenvalue weighted by atomic mass is 10.1. The monoisotopic (exact) mass is 985 g/mol. The summed E-state index contributed by atoms with van der Waals surface area (Å²) in [5.74, 6) is -0.990. The lowest BCUT2D eigenvalue weighted by molar-refractivity contribution is -0.167. The number of hydrogen-bond acceptors (Lipinski definition) is 6. The van der Waals surface area contributed by atoms with Crippen LogP contribution in [0, 0.1) is 0 Å². The van der Waals surface area contributed by atoms with Crippen molar-refractivity contribution in [1.29, 1.82) is 0 Å². The van der Waals surface area contributed by atoms with Crippen LogP contribution in [0.5, 0.6) is 0 Å². The second-order valence-electron chi connectivity index (χ2n) is 19.2. The number of hydrogen-bond donors (Lipinski definition) is 0. The molecule has 0 heterocycles. The van der Waals surface area contributed by atoms with E-state index in [9.17, 15) is 14.4 Å². The van der Waals surface area contributed by atoms with Crippen LogP contribution in [0.25, 0.3) is 0 Å². The van der Waals surface area contributed by atoms with Crippen LogP contribution in [0.2, 0.25) is 0 Å². The molecule has 0 rings (SSSR count). The van der Waals surface area contributed by atoms with Gasteiger partial charge < -0.3 is 14.2 Å². The first-order chi connectivity index (χ1) is 35.0. The predicted molar refractivity (Wildman–Crippen MR) is 307 cm³/mol. The van der Waals surface area contributed by atoms with Gasteiger partial charge in [-0.1, -0.05) is 233 Å². The molecule has 0 N–H and O–H groups in total. The van der Waals surface area contributed by atoms with Crippen molar-refractivity contribution in [1.82, 2.24) is 0 Å². The van der Waals surface area contributed by atoms with E-state index in [4.69, 9.17) is 14.2 Å². The average Bonchev–Trinajstić information content (AvgIpc) is 3.37. The highest BCUT2D eigenvalue weighted by atomic mass is 16.6. The van der Waals surface area contributed by atoms with Crippen molar-refractivity contribution in [3.8, 4) is 0 Å². The summed E-state index contributed by atoms with van der Waals surface area (Å²) < 4.78 is 16.8. The largest absolute Gasteiger partial charge is 0.462 e. The molecule has 1 atom stereocenters. The van der Waals surface area contributed by atoms with E-state index in [1.807, 2.05) is 0 Å². The molecule has 0 aliphatic rings. The summed E-state index contributed by atoms with van der Waals surface area (Å²) >= 11 is 0. The van der Waals surface area contributed by atoms with Crippen molar-refractivity contribution in [3.05, 3.63) is 109 Å². The molecule has 0 saturated carbocycles. The third kappa shape index (κ3) is 56.9. The number of unbranched alkanes of at least 4 members (excludes halogenated alkanes) is 23. The number of carbonyl (C=O) groups is 3. The number of ether oxygens (including phenoxy) is 3. The molecule has 0 fully saturated rings. The normalized spacial score (nSPS) is 12.9. The Morgan fingerprint density at radius 1 is 0.296 bits per heavy atom. The maximum absolute atomic E-state index is 12.9. The Kier molecular flexibility index (Phi) is 55.4. The fraction of sp³-hybridized carbons (Fsp3) is 0.677. The summed E-state index contributed by atoms with van der Waals surface area (Å²) in [5, 5.41) is 0. The molecule has 404 valence electrons. The van der Waals surface area contributed by atoms with Gasteiger partial charge in [0.1, 0.15) is 13.2 Å². The molecule has 0 spiro atoms. The smallest absolute Gasteiger partial charge is 0.306 e. The fourth-order valence-electron chi connectivity index (χ4n) is 7.83. The van der Waals surface area contributed by atoms with E-state index in [2.05, 4.69) is 130 Å². The minimum absolute atomic E-state index is 0.107. The van der Waals surface area contributed by atoms with Gasteiger partial charge in [0.25, 0.3) is 0 Å². The topological polar surface area (TPSA) is 78.9 Å². The number of esters is 3. The third-order valence-corrected chi connectivity index (χ3v) is 12.2. The maximum Gasteiger partial charge on any atom is 0.306 e. The summed E-state index contributed by atoms with van der Waals surface area (Å²) in [6.07, 6.45) is 79.4. The number of allylic oxidation sites excluding steroid dienone is 18. The minimum Gasteiger partial charge on any atom is -0.462 e. The highest BCUT2D eigenvalue weighted by Gasteiger charge is 2.19. The molecule has 0 saturated heterocycles. The second kappa shape index (κ2) is 58.6. The summed E-state index contributed by atoms with van der Waals surface area (Å²) in [7, 11) is 0. The summed E-state index contributed by atoms with van der Waals surface area (Å²) in [6.45, 7) is 6.43.